The van der Waals surface area contributed by atoms with Crippen LogP contribution in [-0.4, -0.2) is 32.2 Å². The van der Waals surface area contributed by atoms with Gasteiger partial charge >= 0.3 is 0 Å². The fraction of sp³-hybridized carbons (Fsp3) is 0.273. The molecule has 0 aliphatic rings. The van der Waals surface area contributed by atoms with Gasteiger partial charge in [-0.25, -0.2) is 0 Å². The first-order chi connectivity index (χ1) is 9.60. The minimum Gasteiger partial charge on any atom is -0.254 e. The third-order valence-electron chi connectivity index (χ3n) is 2.20. The van der Waals surface area contributed by atoms with Crippen molar-refractivity contribution in [1.82, 2.24) is 10.2 Å². The van der Waals surface area contributed by atoms with Crippen LogP contribution in [0.2, 0.25) is 10.0 Å². The molecule has 1 atom stereocenters. The van der Waals surface area contributed by atoms with E-state index in [2.05, 4.69) is 10.2 Å². The van der Waals surface area contributed by atoms with Crippen molar-refractivity contribution in [2.24, 2.45) is 0 Å². The summed E-state index contributed by atoms with van der Waals surface area (Å²) in [6.45, 7) is 0. The second-order valence-electron chi connectivity index (χ2n) is 3.51. The van der Waals surface area contributed by atoms with Crippen LogP contribution in [0.15, 0.2) is 31.8 Å². The van der Waals surface area contributed by atoms with Crippen molar-refractivity contribution in [2.45, 2.75) is 13.6 Å². The molecule has 9 heteroatoms. The summed E-state index contributed by atoms with van der Waals surface area (Å²) in [6.07, 6.45) is 1.96. The number of nitrogens with zero attached hydrogens (tertiary/aromatic N) is 2. The van der Waals surface area contributed by atoms with E-state index in [0.29, 0.717) is 26.4 Å². The molecule has 0 amide bonds. The zero-order chi connectivity index (χ0) is 14.5. The molecule has 2 rings (SSSR count). The normalized spacial score (nSPS) is 12.6. The molecule has 2 aromatic rings. The summed E-state index contributed by atoms with van der Waals surface area (Å²) in [5.74, 6) is 1.19. The van der Waals surface area contributed by atoms with Crippen molar-refractivity contribution in [2.75, 3.05) is 17.8 Å². The van der Waals surface area contributed by atoms with Crippen molar-refractivity contribution < 1.29 is 4.21 Å². The van der Waals surface area contributed by atoms with Crippen molar-refractivity contribution >= 4 is 68.9 Å². The van der Waals surface area contributed by atoms with Gasteiger partial charge in [0.2, 0.25) is 0 Å². The Kier molecular flexibility index (Phi) is 6.64. The van der Waals surface area contributed by atoms with E-state index in [0.717, 1.165) is 8.68 Å². The zero-order valence-electron chi connectivity index (χ0n) is 10.3. The summed E-state index contributed by atoms with van der Waals surface area (Å²) in [4.78, 5) is 0.585. The van der Waals surface area contributed by atoms with E-state index in [4.69, 9.17) is 23.2 Å². The molecule has 0 spiro atoms. The Balaban J connectivity index is 1.90. The number of rotatable bonds is 6. The number of benzene rings is 1. The Morgan fingerprint density at radius 1 is 1.30 bits per heavy atom. The molecule has 1 heterocycles. The van der Waals surface area contributed by atoms with Crippen LogP contribution in [0.4, 0.5) is 0 Å². The van der Waals surface area contributed by atoms with E-state index in [1.165, 1.54) is 0 Å². The van der Waals surface area contributed by atoms with E-state index in [1.54, 1.807) is 53.1 Å². The van der Waals surface area contributed by atoms with E-state index in [1.807, 2.05) is 6.26 Å². The maximum absolute atomic E-state index is 12.2. The third kappa shape index (κ3) is 4.61. The third-order valence-corrected chi connectivity index (χ3v) is 7.57. The minimum absolute atomic E-state index is 0.485. The van der Waals surface area contributed by atoms with Crippen LogP contribution < -0.4 is 0 Å². The van der Waals surface area contributed by atoms with Gasteiger partial charge in [-0.1, -0.05) is 58.1 Å². The van der Waals surface area contributed by atoms with E-state index in [-0.39, 0.29) is 0 Å². The van der Waals surface area contributed by atoms with Crippen LogP contribution in [0.1, 0.15) is 0 Å². The lowest BCUT2D eigenvalue weighted by Crippen LogP contribution is -2.01. The summed E-state index contributed by atoms with van der Waals surface area (Å²) in [6, 6.07) is 5.01. The van der Waals surface area contributed by atoms with Gasteiger partial charge in [0, 0.05) is 16.5 Å². The molecule has 0 saturated carbocycles. The Hall–Kier alpha value is 0.210. The lowest BCUT2D eigenvalue weighted by molar-refractivity contribution is 0.684. The molecule has 1 unspecified atom stereocenters. The summed E-state index contributed by atoms with van der Waals surface area (Å²) >= 11 is 16.6. The predicted molar refractivity (Wildman–Crippen MR) is 90.2 cm³/mol. The molecule has 0 saturated heterocycles. The van der Waals surface area contributed by atoms with Gasteiger partial charge in [-0.15, -0.1) is 10.2 Å². The van der Waals surface area contributed by atoms with Crippen LogP contribution in [0, 0.1) is 0 Å². The molecular weight excluding hydrogens is 375 g/mol. The lowest BCUT2D eigenvalue weighted by Gasteiger charge is -2.04. The first-order valence-corrected chi connectivity index (χ1v) is 10.5. The molecule has 0 aliphatic carbocycles. The monoisotopic (exact) mass is 384 g/mol. The van der Waals surface area contributed by atoms with Crippen molar-refractivity contribution in [3.05, 3.63) is 28.2 Å². The van der Waals surface area contributed by atoms with Crippen molar-refractivity contribution in [3.8, 4) is 0 Å². The number of hydrogen-bond acceptors (Lipinski definition) is 6. The van der Waals surface area contributed by atoms with Crippen LogP contribution >= 0.6 is 58.1 Å². The molecule has 3 nitrogen and oxygen atoms in total. The fourth-order valence-electron chi connectivity index (χ4n) is 1.30. The second kappa shape index (κ2) is 8.00. The van der Waals surface area contributed by atoms with Crippen LogP contribution in [0.25, 0.3) is 0 Å². The molecule has 0 fully saturated rings. The Labute approximate surface area is 142 Å². The zero-order valence-corrected chi connectivity index (χ0v) is 15.1. The Bertz CT molecular complexity index is 620. The molecule has 1 aromatic heterocycles. The highest BCUT2D eigenvalue weighted by Gasteiger charge is 2.11. The molecular formula is C11H10Cl2N2OS4. The van der Waals surface area contributed by atoms with E-state index in [9.17, 15) is 4.21 Å². The lowest BCUT2D eigenvalue weighted by atomic mass is 10.4. The highest BCUT2D eigenvalue weighted by molar-refractivity contribution is 8.03. The van der Waals surface area contributed by atoms with Gasteiger partial charge in [-0.05, 0) is 24.5 Å². The first-order valence-electron chi connectivity index (χ1n) is 5.44. The fourth-order valence-corrected chi connectivity index (χ4v) is 5.78. The van der Waals surface area contributed by atoms with Gasteiger partial charge in [0.25, 0.3) is 0 Å². The average molecular weight is 385 g/mol. The van der Waals surface area contributed by atoms with Crippen LogP contribution in [0.5, 0.6) is 0 Å². The number of halogens is 2. The second-order valence-corrected chi connectivity index (χ2v) is 9.27. The van der Waals surface area contributed by atoms with Crippen LogP contribution in [0.3, 0.4) is 0 Å². The van der Waals surface area contributed by atoms with Gasteiger partial charge in [0.05, 0.1) is 20.7 Å². The Morgan fingerprint density at radius 3 is 2.75 bits per heavy atom. The van der Waals surface area contributed by atoms with Gasteiger partial charge in [-0.2, -0.15) is 0 Å². The molecule has 108 valence electrons. The number of aromatic nitrogens is 2. The molecule has 0 N–H and O–H groups in total. The molecule has 20 heavy (non-hydrogen) atoms. The van der Waals surface area contributed by atoms with Crippen molar-refractivity contribution in [1.29, 1.82) is 0 Å². The SMILES string of the molecule is CSc1nnc(SCCS(=O)c2cc(Cl)ccc2Cl)s1. The average Bonchev–Trinajstić information content (AvgIpc) is 2.89. The standard InChI is InChI=1S/C11H10Cl2N2OS4/c1-17-10-14-15-11(19-10)18-4-5-20(16)9-6-7(12)2-3-8(9)13/h2-3,6H,4-5H2,1H3. The van der Waals surface area contributed by atoms with Crippen LogP contribution in [-0.2, 0) is 10.8 Å². The smallest absolute Gasteiger partial charge is 0.175 e. The summed E-state index contributed by atoms with van der Waals surface area (Å²) in [5.41, 5.74) is 0. The molecule has 0 bridgehead atoms. The topological polar surface area (TPSA) is 42.9 Å². The maximum atomic E-state index is 12.2. The molecule has 0 radical (unpaired) electrons. The quantitative estimate of drug-likeness (QED) is 0.687. The summed E-state index contributed by atoms with van der Waals surface area (Å²) in [5, 5.41) is 9.09. The summed E-state index contributed by atoms with van der Waals surface area (Å²) < 4.78 is 14.0. The molecule has 1 aromatic carbocycles. The van der Waals surface area contributed by atoms with E-state index >= 15 is 0 Å². The minimum atomic E-state index is -1.16. The number of hydrogen-bond donors (Lipinski definition) is 0. The predicted octanol–water partition coefficient (Wildman–Crippen LogP) is 4.47. The van der Waals surface area contributed by atoms with E-state index < -0.39 is 10.8 Å². The Morgan fingerprint density at radius 2 is 2.05 bits per heavy atom. The largest absolute Gasteiger partial charge is 0.254 e. The van der Waals surface area contributed by atoms with Gasteiger partial charge in [-0.3, -0.25) is 4.21 Å². The highest BCUT2D eigenvalue weighted by atomic mass is 35.5. The number of thioether (sulfide) groups is 2. The summed E-state index contributed by atoms with van der Waals surface area (Å²) in [7, 11) is -1.16. The highest BCUT2D eigenvalue weighted by Crippen LogP contribution is 2.28. The van der Waals surface area contributed by atoms with Gasteiger partial charge in [0.1, 0.15) is 0 Å². The maximum Gasteiger partial charge on any atom is 0.175 e. The van der Waals surface area contributed by atoms with Gasteiger partial charge in [0.15, 0.2) is 8.68 Å². The van der Waals surface area contributed by atoms with Crippen molar-refractivity contribution in [3.63, 3.8) is 0 Å². The molecule has 0 aliphatic heterocycles. The first kappa shape index (κ1) is 16.6. The van der Waals surface area contributed by atoms with Gasteiger partial charge < -0.3 is 0 Å².